The molecule has 0 spiro atoms. The quantitative estimate of drug-likeness (QED) is 0.753. The van der Waals surface area contributed by atoms with Gasteiger partial charge < -0.3 is 10.4 Å². The van der Waals surface area contributed by atoms with E-state index in [0.29, 0.717) is 16.8 Å². The molecule has 2 N–H and O–H groups in total. The van der Waals surface area contributed by atoms with Crippen molar-refractivity contribution < 1.29 is 9.90 Å². The molecule has 0 aromatic heterocycles. The fraction of sp³-hybridized carbons (Fsp3) is 0.136. The Hall–Kier alpha value is -2.91. The van der Waals surface area contributed by atoms with Crippen molar-refractivity contribution in [1.29, 1.82) is 0 Å². The van der Waals surface area contributed by atoms with E-state index in [-0.39, 0.29) is 0 Å². The monoisotopic (exact) mass is 331 g/mol. The largest absolute Gasteiger partial charge is 0.372 e. The second-order valence-electron chi connectivity index (χ2n) is 6.21. The number of rotatable bonds is 4. The van der Waals surface area contributed by atoms with Crippen molar-refractivity contribution in [3.8, 4) is 0 Å². The van der Waals surface area contributed by atoms with Crippen molar-refractivity contribution in [3.05, 3.63) is 101 Å². The van der Waals surface area contributed by atoms with Gasteiger partial charge in [0.05, 0.1) is 0 Å². The van der Waals surface area contributed by atoms with E-state index in [9.17, 15) is 9.90 Å². The highest BCUT2D eigenvalue weighted by atomic mass is 16.3. The average Bonchev–Trinajstić information content (AvgIpc) is 2.64. The van der Waals surface area contributed by atoms with Crippen molar-refractivity contribution in [2.45, 2.75) is 19.4 Å². The molecule has 3 nitrogen and oxygen atoms in total. The zero-order valence-electron chi connectivity index (χ0n) is 14.4. The third-order valence-electron chi connectivity index (χ3n) is 4.34. The van der Waals surface area contributed by atoms with Crippen LogP contribution < -0.4 is 5.32 Å². The Balaban J connectivity index is 2.04. The van der Waals surface area contributed by atoms with Crippen LogP contribution in [0.2, 0.25) is 0 Å². The minimum atomic E-state index is -1.76. The zero-order chi connectivity index (χ0) is 17.9. The molecule has 0 atom stereocenters. The summed E-state index contributed by atoms with van der Waals surface area (Å²) in [6.07, 6.45) is 0. The van der Waals surface area contributed by atoms with Gasteiger partial charge in [-0.2, -0.15) is 0 Å². The van der Waals surface area contributed by atoms with Crippen LogP contribution in [0.4, 0.5) is 5.69 Å². The molecule has 0 unspecified atom stereocenters. The molecular weight excluding hydrogens is 310 g/mol. The number of carbonyl (C=O) groups excluding carboxylic acids is 1. The lowest BCUT2D eigenvalue weighted by molar-refractivity contribution is -0.131. The van der Waals surface area contributed by atoms with Crippen molar-refractivity contribution in [2.24, 2.45) is 0 Å². The summed E-state index contributed by atoms with van der Waals surface area (Å²) < 4.78 is 0. The van der Waals surface area contributed by atoms with Crippen LogP contribution in [0.5, 0.6) is 0 Å². The smallest absolute Gasteiger partial charge is 0.265 e. The number of hydrogen-bond donors (Lipinski definition) is 2. The van der Waals surface area contributed by atoms with Crippen LogP contribution in [0.15, 0.2) is 78.9 Å². The Morgan fingerprint density at radius 1 is 0.840 bits per heavy atom. The number of aryl methyl sites for hydroxylation is 2. The summed E-state index contributed by atoms with van der Waals surface area (Å²) >= 11 is 0. The molecule has 3 heteroatoms. The van der Waals surface area contributed by atoms with E-state index in [4.69, 9.17) is 0 Å². The molecule has 126 valence electrons. The molecule has 0 aliphatic rings. The molecule has 25 heavy (non-hydrogen) atoms. The number of nitrogens with one attached hydrogen (secondary N) is 1. The number of anilines is 1. The highest BCUT2D eigenvalue weighted by Crippen LogP contribution is 2.31. The van der Waals surface area contributed by atoms with Crippen molar-refractivity contribution >= 4 is 11.6 Å². The first-order chi connectivity index (χ1) is 12.0. The van der Waals surface area contributed by atoms with Gasteiger partial charge in [-0.1, -0.05) is 78.4 Å². The van der Waals surface area contributed by atoms with E-state index in [2.05, 4.69) is 5.32 Å². The standard InChI is InChI=1S/C22H21NO2/c1-16-13-14-20(17(2)15-16)23-21(24)22(25,18-9-5-3-6-10-18)19-11-7-4-8-12-19/h3-15,25H,1-2H3,(H,23,24). The Bertz CT molecular complexity index is 834. The molecular formula is C22H21NO2. The third kappa shape index (κ3) is 3.32. The summed E-state index contributed by atoms with van der Waals surface area (Å²) in [5.41, 5.74) is 2.07. The van der Waals surface area contributed by atoms with Gasteiger partial charge in [-0.3, -0.25) is 4.79 Å². The van der Waals surface area contributed by atoms with Gasteiger partial charge in [-0.15, -0.1) is 0 Å². The topological polar surface area (TPSA) is 49.3 Å². The minimum Gasteiger partial charge on any atom is -0.372 e. The molecule has 0 saturated heterocycles. The number of carbonyl (C=O) groups is 1. The van der Waals surface area contributed by atoms with Gasteiger partial charge in [0.1, 0.15) is 0 Å². The van der Waals surface area contributed by atoms with Gasteiger partial charge in [0.25, 0.3) is 5.91 Å². The minimum absolute atomic E-state index is 0.475. The molecule has 1 amide bonds. The molecule has 0 bridgehead atoms. The van der Waals surface area contributed by atoms with Gasteiger partial charge in [0, 0.05) is 5.69 Å². The maximum Gasteiger partial charge on any atom is 0.265 e. The lowest BCUT2D eigenvalue weighted by Gasteiger charge is -2.28. The molecule has 3 aromatic carbocycles. The van der Waals surface area contributed by atoms with Crippen molar-refractivity contribution in [2.75, 3.05) is 5.32 Å². The number of aliphatic hydroxyl groups is 1. The Morgan fingerprint density at radius 2 is 1.36 bits per heavy atom. The van der Waals surface area contributed by atoms with Crippen molar-refractivity contribution in [1.82, 2.24) is 0 Å². The molecule has 0 aliphatic heterocycles. The fourth-order valence-electron chi connectivity index (χ4n) is 2.95. The normalized spacial score (nSPS) is 11.2. The Kier molecular flexibility index (Phi) is 4.68. The van der Waals surface area contributed by atoms with Gasteiger partial charge in [-0.05, 0) is 36.6 Å². The van der Waals surface area contributed by atoms with Crippen LogP contribution in [0.25, 0.3) is 0 Å². The highest BCUT2D eigenvalue weighted by molar-refractivity contribution is 6.00. The molecule has 3 rings (SSSR count). The summed E-state index contributed by atoms with van der Waals surface area (Å²) in [7, 11) is 0. The van der Waals surface area contributed by atoms with Crippen LogP contribution in [0.1, 0.15) is 22.3 Å². The van der Waals surface area contributed by atoms with E-state index in [1.54, 1.807) is 24.3 Å². The molecule has 3 aromatic rings. The summed E-state index contributed by atoms with van der Waals surface area (Å²) in [6.45, 7) is 3.94. The van der Waals surface area contributed by atoms with Crippen molar-refractivity contribution in [3.63, 3.8) is 0 Å². The summed E-state index contributed by atoms with van der Waals surface area (Å²) in [5, 5.41) is 14.3. The fourth-order valence-corrected chi connectivity index (χ4v) is 2.95. The second-order valence-corrected chi connectivity index (χ2v) is 6.21. The lowest BCUT2D eigenvalue weighted by Crippen LogP contribution is -2.41. The predicted molar refractivity (Wildman–Crippen MR) is 100 cm³/mol. The summed E-state index contributed by atoms with van der Waals surface area (Å²) in [4.78, 5) is 13.1. The maximum absolute atomic E-state index is 13.1. The van der Waals surface area contributed by atoms with E-state index in [1.807, 2.05) is 68.4 Å². The van der Waals surface area contributed by atoms with Crippen LogP contribution in [-0.2, 0) is 10.4 Å². The first kappa shape index (κ1) is 16.9. The maximum atomic E-state index is 13.1. The highest BCUT2D eigenvalue weighted by Gasteiger charge is 2.40. The Labute approximate surface area is 148 Å². The lowest BCUT2D eigenvalue weighted by atomic mass is 9.85. The molecule has 0 fully saturated rings. The number of benzene rings is 3. The van der Waals surface area contributed by atoms with Gasteiger partial charge >= 0.3 is 0 Å². The molecule has 0 saturated carbocycles. The van der Waals surface area contributed by atoms with E-state index in [0.717, 1.165) is 11.1 Å². The number of amides is 1. The van der Waals surface area contributed by atoms with E-state index in [1.165, 1.54) is 0 Å². The van der Waals surface area contributed by atoms with E-state index < -0.39 is 11.5 Å². The Morgan fingerprint density at radius 3 is 1.84 bits per heavy atom. The van der Waals surface area contributed by atoms with Crippen LogP contribution >= 0.6 is 0 Å². The van der Waals surface area contributed by atoms with Crippen LogP contribution in [0.3, 0.4) is 0 Å². The van der Waals surface area contributed by atoms with E-state index >= 15 is 0 Å². The third-order valence-corrected chi connectivity index (χ3v) is 4.34. The molecule has 0 aliphatic carbocycles. The SMILES string of the molecule is Cc1ccc(NC(=O)C(O)(c2ccccc2)c2ccccc2)c(C)c1. The first-order valence-electron chi connectivity index (χ1n) is 8.24. The molecule has 0 heterocycles. The number of hydrogen-bond acceptors (Lipinski definition) is 2. The predicted octanol–water partition coefficient (Wildman–Crippen LogP) is 4.18. The molecule has 0 radical (unpaired) electrons. The second kappa shape index (κ2) is 6.91. The van der Waals surface area contributed by atoms with Gasteiger partial charge in [0.2, 0.25) is 0 Å². The summed E-state index contributed by atoms with van der Waals surface area (Å²) in [6, 6.07) is 23.8. The van der Waals surface area contributed by atoms with Gasteiger partial charge in [-0.25, -0.2) is 0 Å². The van der Waals surface area contributed by atoms with Crippen LogP contribution in [0, 0.1) is 13.8 Å². The van der Waals surface area contributed by atoms with Gasteiger partial charge in [0.15, 0.2) is 5.60 Å². The first-order valence-corrected chi connectivity index (χ1v) is 8.24. The zero-order valence-corrected chi connectivity index (χ0v) is 14.4. The summed E-state index contributed by atoms with van der Waals surface area (Å²) in [5.74, 6) is -0.475. The van der Waals surface area contributed by atoms with Crippen LogP contribution in [-0.4, -0.2) is 11.0 Å². The average molecular weight is 331 g/mol.